The Morgan fingerprint density at radius 2 is 2.10 bits per heavy atom. The molecule has 0 aromatic heterocycles. The molecule has 0 fully saturated rings. The zero-order chi connectivity index (χ0) is 14.8. The first kappa shape index (κ1) is 13.9. The van der Waals surface area contributed by atoms with Crippen LogP contribution >= 0.6 is 11.6 Å². The first-order valence-corrected chi connectivity index (χ1v) is 7.01. The maximum absolute atomic E-state index is 5.96. The van der Waals surface area contributed by atoms with Gasteiger partial charge in [0.25, 0.3) is 0 Å². The number of benzene rings is 2. The van der Waals surface area contributed by atoms with E-state index in [-0.39, 0.29) is 6.79 Å². The Bertz CT molecular complexity index is 673. The Morgan fingerprint density at radius 3 is 2.86 bits per heavy atom. The molecule has 1 heterocycles. The van der Waals surface area contributed by atoms with Crippen molar-refractivity contribution in [3.05, 3.63) is 46.5 Å². The first-order chi connectivity index (χ1) is 10.2. The number of fused-ring (bicyclic) bond motifs is 1. The molecule has 5 heteroatoms. The van der Waals surface area contributed by atoms with Gasteiger partial charge in [-0.25, -0.2) is 0 Å². The molecule has 0 amide bonds. The molecule has 1 aliphatic rings. The topological polar surface area (TPSA) is 39.7 Å². The number of hydrogen-bond acceptors (Lipinski definition) is 4. The summed E-state index contributed by atoms with van der Waals surface area (Å²) in [7, 11) is 1.62. The zero-order valence-electron chi connectivity index (χ0n) is 11.9. The minimum absolute atomic E-state index is 0.235. The van der Waals surface area contributed by atoms with Crippen molar-refractivity contribution in [3.63, 3.8) is 0 Å². The molecule has 21 heavy (non-hydrogen) atoms. The largest absolute Gasteiger partial charge is 0.493 e. The van der Waals surface area contributed by atoms with E-state index in [0.717, 1.165) is 27.6 Å². The Kier molecular flexibility index (Phi) is 3.80. The fourth-order valence-corrected chi connectivity index (χ4v) is 2.54. The maximum atomic E-state index is 5.96. The molecule has 3 rings (SSSR count). The zero-order valence-corrected chi connectivity index (χ0v) is 12.7. The van der Waals surface area contributed by atoms with Crippen molar-refractivity contribution in [1.29, 1.82) is 0 Å². The van der Waals surface area contributed by atoms with Crippen LogP contribution in [-0.2, 0) is 6.54 Å². The molecule has 0 spiro atoms. The van der Waals surface area contributed by atoms with Gasteiger partial charge in [-0.3, -0.25) is 0 Å². The van der Waals surface area contributed by atoms with E-state index in [1.54, 1.807) is 7.11 Å². The third-order valence-electron chi connectivity index (χ3n) is 3.39. The molecule has 110 valence electrons. The second-order valence-electron chi connectivity index (χ2n) is 4.84. The lowest BCUT2D eigenvalue weighted by molar-refractivity contribution is 0.171. The minimum Gasteiger partial charge on any atom is -0.493 e. The van der Waals surface area contributed by atoms with Gasteiger partial charge in [-0.1, -0.05) is 11.6 Å². The Labute approximate surface area is 128 Å². The highest BCUT2D eigenvalue weighted by Gasteiger charge is 2.19. The van der Waals surface area contributed by atoms with Gasteiger partial charge in [-0.2, -0.15) is 0 Å². The van der Waals surface area contributed by atoms with Gasteiger partial charge in [-0.15, -0.1) is 0 Å². The number of aryl methyl sites for hydroxylation is 1. The lowest BCUT2D eigenvalue weighted by Crippen LogP contribution is -2.01. The lowest BCUT2D eigenvalue weighted by atomic mass is 10.1. The molecule has 1 aliphatic heterocycles. The number of anilines is 1. The van der Waals surface area contributed by atoms with Crippen LogP contribution in [0.2, 0.25) is 5.02 Å². The van der Waals surface area contributed by atoms with Gasteiger partial charge in [0.2, 0.25) is 12.5 Å². The van der Waals surface area contributed by atoms with Crippen LogP contribution in [0.1, 0.15) is 11.1 Å². The molecule has 0 saturated carbocycles. The quantitative estimate of drug-likeness (QED) is 0.927. The van der Waals surface area contributed by atoms with Crippen LogP contribution in [0.5, 0.6) is 17.2 Å². The number of hydrogen-bond donors (Lipinski definition) is 1. The third kappa shape index (κ3) is 2.85. The van der Waals surface area contributed by atoms with Crippen molar-refractivity contribution in [2.45, 2.75) is 13.5 Å². The molecular formula is C16H16ClNO3. The summed E-state index contributed by atoms with van der Waals surface area (Å²) in [6.45, 7) is 2.92. The number of rotatable bonds is 4. The smallest absolute Gasteiger partial charge is 0.231 e. The molecule has 1 N–H and O–H groups in total. The van der Waals surface area contributed by atoms with Gasteiger partial charge in [-0.05, 0) is 48.4 Å². The van der Waals surface area contributed by atoms with Gasteiger partial charge in [0.15, 0.2) is 11.5 Å². The normalized spacial score (nSPS) is 12.3. The standard InChI is InChI=1S/C16H16ClNO3/c1-10-5-12(17)3-4-13(10)18-8-11-6-14(19-2)16-15(7-11)20-9-21-16/h3-7,18H,8-9H2,1-2H3. The molecule has 0 radical (unpaired) electrons. The lowest BCUT2D eigenvalue weighted by Gasteiger charge is -2.12. The second kappa shape index (κ2) is 5.74. The summed E-state index contributed by atoms with van der Waals surface area (Å²) in [5.41, 5.74) is 3.22. The van der Waals surface area contributed by atoms with Gasteiger partial charge in [0, 0.05) is 17.3 Å². The highest BCUT2D eigenvalue weighted by molar-refractivity contribution is 6.30. The summed E-state index contributed by atoms with van der Waals surface area (Å²) in [5, 5.41) is 4.13. The summed E-state index contributed by atoms with van der Waals surface area (Å²) in [6, 6.07) is 9.69. The predicted molar refractivity (Wildman–Crippen MR) is 82.6 cm³/mol. The van der Waals surface area contributed by atoms with Crippen molar-refractivity contribution in [2.75, 3.05) is 19.2 Å². The van der Waals surface area contributed by atoms with Crippen LogP contribution in [0.4, 0.5) is 5.69 Å². The molecule has 0 aliphatic carbocycles. The van der Waals surface area contributed by atoms with E-state index in [0.29, 0.717) is 18.0 Å². The van der Waals surface area contributed by atoms with Crippen molar-refractivity contribution in [1.82, 2.24) is 0 Å². The molecular weight excluding hydrogens is 290 g/mol. The Hall–Kier alpha value is -2.07. The minimum atomic E-state index is 0.235. The molecule has 4 nitrogen and oxygen atoms in total. The second-order valence-corrected chi connectivity index (χ2v) is 5.28. The maximum Gasteiger partial charge on any atom is 0.231 e. The van der Waals surface area contributed by atoms with Crippen molar-refractivity contribution < 1.29 is 14.2 Å². The molecule has 0 atom stereocenters. The summed E-state index contributed by atoms with van der Waals surface area (Å²) in [5.74, 6) is 2.08. The fourth-order valence-electron chi connectivity index (χ4n) is 2.31. The Morgan fingerprint density at radius 1 is 1.24 bits per heavy atom. The van der Waals surface area contributed by atoms with Crippen LogP contribution in [0.3, 0.4) is 0 Å². The van der Waals surface area contributed by atoms with Crippen LogP contribution in [0.25, 0.3) is 0 Å². The van der Waals surface area contributed by atoms with Crippen LogP contribution in [0.15, 0.2) is 30.3 Å². The average molecular weight is 306 g/mol. The van der Waals surface area contributed by atoms with Crippen molar-refractivity contribution >= 4 is 17.3 Å². The van der Waals surface area contributed by atoms with Crippen LogP contribution in [-0.4, -0.2) is 13.9 Å². The van der Waals surface area contributed by atoms with E-state index in [1.807, 2.05) is 37.3 Å². The van der Waals surface area contributed by atoms with E-state index in [4.69, 9.17) is 25.8 Å². The van der Waals surface area contributed by atoms with Gasteiger partial charge >= 0.3 is 0 Å². The van der Waals surface area contributed by atoms with Gasteiger partial charge in [0.1, 0.15) is 0 Å². The third-order valence-corrected chi connectivity index (χ3v) is 3.62. The van der Waals surface area contributed by atoms with Crippen LogP contribution in [0, 0.1) is 6.92 Å². The first-order valence-electron chi connectivity index (χ1n) is 6.64. The van der Waals surface area contributed by atoms with Gasteiger partial charge in [0.05, 0.1) is 7.11 Å². The average Bonchev–Trinajstić information content (AvgIpc) is 2.93. The summed E-state index contributed by atoms with van der Waals surface area (Å²) < 4.78 is 16.2. The molecule has 2 aromatic rings. The number of ether oxygens (including phenoxy) is 3. The fraction of sp³-hybridized carbons (Fsp3) is 0.250. The summed E-state index contributed by atoms with van der Waals surface area (Å²) >= 11 is 5.96. The van der Waals surface area contributed by atoms with E-state index in [9.17, 15) is 0 Å². The molecule has 0 bridgehead atoms. The van der Waals surface area contributed by atoms with E-state index >= 15 is 0 Å². The number of nitrogens with one attached hydrogen (secondary N) is 1. The molecule has 0 saturated heterocycles. The molecule has 0 unspecified atom stereocenters. The highest BCUT2D eigenvalue weighted by atomic mass is 35.5. The number of halogens is 1. The van der Waals surface area contributed by atoms with Crippen LogP contribution < -0.4 is 19.5 Å². The SMILES string of the molecule is COc1cc(CNc2ccc(Cl)cc2C)cc2c1OCO2. The predicted octanol–water partition coefficient (Wildman–Crippen LogP) is 4.00. The summed E-state index contributed by atoms with van der Waals surface area (Å²) in [4.78, 5) is 0. The summed E-state index contributed by atoms with van der Waals surface area (Å²) in [6.07, 6.45) is 0. The van der Waals surface area contributed by atoms with Crippen molar-refractivity contribution in [2.24, 2.45) is 0 Å². The monoisotopic (exact) mass is 305 g/mol. The number of methoxy groups -OCH3 is 1. The molecule has 2 aromatic carbocycles. The van der Waals surface area contributed by atoms with E-state index < -0.39 is 0 Å². The Balaban J connectivity index is 1.79. The van der Waals surface area contributed by atoms with E-state index in [2.05, 4.69) is 5.32 Å². The van der Waals surface area contributed by atoms with Gasteiger partial charge < -0.3 is 19.5 Å². The van der Waals surface area contributed by atoms with E-state index in [1.165, 1.54) is 0 Å². The van der Waals surface area contributed by atoms with Crippen molar-refractivity contribution in [3.8, 4) is 17.2 Å². The highest BCUT2D eigenvalue weighted by Crippen LogP contribution is 2.41.